The summed E-state index contributed by atoms with van der Waals surface area (Å²) >= 11 is 0. The highest BCUT2D eigenvalue weighted by atomic mass is 16.5. The summed E-state index contributed by atoms with van der Waals surface area (Å²) in [7, 11) is 0. The SMILES string of the molecule is CC(C)C[C@@H](NC(=O)OCC1c2ccccc2-c2ccccc21)C(=O)N[C@H]1CCCC[C@H]1C(=O)O. The molecule has 7 heteroatoms. The van der Waals surface area contributed by atoms with Gasteiger partial charge in [0.05, 0.1) is 5.92 Å². The first-order chi connectivity index (χ1) is 16.8. The summed E-state index contributed by atoms with van der Waals surface area (Å²) < 4.78 is 5.63. The van der Waals surface area contributed by atoms with Gasteiger partial charge in [-0.05, 0) is 47.4 Å². The Kier molecular flexibility index (Phi) is 7.73. The number of rotatable bonds is 8. The molecule has 1 saturated carbocycles. The number of carbonyl (C=O) groups is 3. The lowest BCUT2D eigenvalue weighted by Crippen LogP contribution is -2.53. The van der Waals surface area contributed by atoms with E-state index in [0.29, 0.717) is 19.3 Å². The number of amides is 2. The van der Waals surface area contributed by atoms with Crippen LogP contribution in [0.15, 0.2) is 48.5 Å². The van der Waals surface area contributed by atoms with E-state index < -0.39 is 30.1 Å². The summed E-state index contributed by atoms with van der Waals surface area (Å²) in [6.45, 7) is 4.11. The van der Waals surface area contributed by atoms with Crippen LogP contribution in [0.1, 0.15) is 63.0 Å². The first kappa shape index (κ1) is 24.8. The summed E-state index contributed by atoms with van der Waals surface area (Å²) in [4.78, 5) is 37.5. The van der Waals surface area contributed by atoms with Gasteiger partial charge in [0.25, 0.3) is 0 Å². The number of fused-ring (bicyclic) bond motifs is 3. The summed E-state index contributed by atoms with van der Waals surface area (Å²) in [6.07, 6.45) is 2.68. The molecular formula is C28H34N2O5. The predicted molar refractivity (Wildman–Crippen MR) is 133 cm³/mol. The minimum atomic E-state index is -0.889. The van der Waals surface area contributed by atoms with Gasteiger partial charge in [-0.1, -0.05) is 75.2 Å². The fourth-order valence-electron chi connectivity index (χ4n) is 5.37. The Labute approximate surface area is 206 Å². The van der Waals surface area contributed by atoms with Crippen molar-refractivity contribution in [3.05, 3.63) is 59.7 Å². The Morgan fingerprint density at radius 1 is 0.971 bits per heavy atom. The number of carboxylic acids is 1. The van der Waals surface area contributed by atoms with Crippen LogP contribution in [-0.2, 0) is 14.3 Å². The highest BCUT2D eigenvalue weighted by Crippen LogP contribution is 2.44. The average Bonchev–Trinajstić information content (AvgIpc) is 3.16. The smallest absolute Gasteiger partial charge is 0.407 e. The molecule has 3 atom stereocenters. The van der Waals surface area contributed by atoms with Gasteiger partial charge in [-0.15, -0.1) is 0 Å². The molecule has 2 aromatic carbocycles. The molecule has 0 bridgehead atoms. The molecule has 2 amide bonds. The van der Waals surface area contributed by atoms with Crippen molar-refractivity contribution in [2.24, 2.45) is 11.8 Å². The summed E-state index contributed by atoms with van der Waals surface area (Å²) in [5, 5.41) is 15.2. The molecule has 0 radical (unpaired) electrons. The molecule has 7 nitrogen and oxygen atoms in total. The van der Waals surface area contributed by atoms with E-state index >= 15 is 0 Å². The summed E-state index contributed by atoms with van der Waals surface area (Å²) in [5.74, 6) is -1.75. The van der Waals surface area contributed by atoms with Crippen LogP contribution < -0.4 is 10.6 Å². The topological polar surface area (TPSA) is 105 Å². The molecular weight excluding hydrogens is 444 g/mol. The standard InChI is InChI=1S/C28H34N2O5/c1-17(2)15-25(26(31)29-24-14-8-7-13-22(24)27(32)33)30-28(34)35-16-23-20-11-5-3-9-18(20)19-10-4-6-12-21(19)23/h3-6,9-12,17,22-25H,7-8,13-16H2,1-2H3,(H,29,31)(H,30,34)(H,32,33)/t22-,24+,25-/m1/s1. The molecule has 0 heterocycles. The normalized spacial score (nSPS) is 20.0. The molecule has 0 unspecified atom stereocenters. The number of alkyl carbamates (subject to hydrolysis) is 1. The van der Waals surface area contributed by atoms with Gasteiger partial charge in [0.1, 0.15) is 12.6 Å². The minimum absolute atomic E-state index is 0.0657. The zero-order valence-electron chi connectivity index (χ0n) is 20.3. The van der Waals surface area contributed by atoms with Gasteiger partial charge < -0.3 is 20.5 Å². The quantitative estimate of drug-likeness (QED) is 0.510. The molecule has 1 fully saturated rings. The number of ether oxygens (including phenoxy) is 1. The Bertz CT molecular complexity index is 1040. The van der Waals surface area contributed by atoms with E-state index in [1.807, 2.05) is 38.1 Å². The second-order valence-corrected chi connectivity index (χ2v) is 10.00. The maximum atomic E-state index is 13.1. The van der Waals surface area contributed by atoms with Gasteiger partial charge in [-0.2, -0.15) is 0 Å². The lowest BCUT2D eigenvalue weighted by Gasteiger charge is -2.31. The molecule has 2 aliphatic rings. The maximum absolute atomic E-state index is 13.1. The molecule has 0 spiro atoms. The Hall–Kier alpha value is -3.35. The third kappa shape index (κ3) is 5.66. The number of hydrogen-bond acceptors (Lipinski definition) is 4. The number of nitrogens with one attached hydrogen (secondary N) is 2. The number of aliphatic carboxylic acids is 1. The van der Waals surface area contributed by atoms with Crippen LogP contribution >= 0.6 is 0 Å². The van der Waals surface area contributed by atoms with Gasteiger partial charge in [-0.3, -0.25) is 9.59 Å². The van der Waals surface area contributed by atoms with Gasteiger partial charge in [0.15, 0.2) is 0 Å². The maximum Gasteiger partial charge on any atom is 0.407 e. The van der Waals surface area contributed by atoms with Crippen LogP contribution in [0.25, 0.3) is 11.1 Å². The van der Waals surface area contributed by atoms with E-state index in [0.717, 1.165) is 35.1 Å². The fourth-order valence-corrected chi connectivity index (χ4v) is 5.37. The van der Waals surface area contributed by atoms with Crippen molar-refractivity contribution in [1.29, 1.82) is 0 Å². The summed E-state index contributed by atoms with van der Waals surface area (Å²) in [6, 6.07) is 15.0. The second-order valence-electron chi connectivity index (χ2n) is 10.00. The van der Waals surface area contributed by atoms with Gasteiger partial charge in [-0.25, -0.2) is 4.79 Å². The predicted octanol–water partition coefficient (Wildman–Crippen LogP) is 4.70. The van der Waals surface area contributed by atoms with E-state index in [2.05, 4.69) is 34.9 Å². The Morgan fingerprint density at radius 3 is 2.17 bits per heavy atom. The minimum Gasteiger partial charge on any atom is -0.481 e. The van der Waals surface area contributed by atoms with Crippen molar-refractivity contribution >= 4 is 18.0 Å². The zero-order valence-corrected chi connectivity index (χ0v) is 20.3. The fraction of sp³-hybridized carbons (Fsp3) is 0.464. The van der Waals surface area contributed by atoms with Gasteiger partial charge in [0.2, 0.25) is 5.91 Å². The van der Waals surface area contributed by atoms with Crippen LogP contribution in [0.3, 0.4) is 0 Å². The van der Waals surface area contributed by atoms with E-state index in [4.69, 9.17) is 4.74 Å². The Morgan fingerprint density at radius 2 is 1.57 bits per heavy atom. The van der Waals surface area contributed by atoms with Crippen molar-refractivity contribution in [3.63, 3.8) is 0 Å². The molecule has 0 saturated heterocycles. The molecule has 186 valence electrons. The lowest BCUT2D eigenvalue weighted by atomic mass is 9.84. The average molecular weight is 479 g/mol. The van der Waals surface area contributed by atoms with Crippen LogP contribution in [-0.4, -0.2) is 41.8 Å². The van der Waals surface area contributed by atoms with Crippen LogP contribution in [0.2, 0.25) is 0 Å². The number of hydrogen-bond donors (Lipinski definition) is 3. The van der Waals surface area contributed by atoms with E-state index in [1.54, 1.807) is 0 Å². The van der Waals surface area contributed by atoms with Crippen molar-refractivity contribution in [3.8, 4) is 11.1 Å². The van der Waals surface area contributed by atoms with E-state index in [9.17, 15) is 19.5 Å². The summed E-state index contributed by atoms with van der Waals surface area (Å²) in [5.41, 5.74) is 4.54. The zero-order chi connectivity index (χ0) is 24.9. The van der Waals surface area contributed by atoms with Gasteiger partial charge >= 0.3 is 12.1 Å². The third-order valence-corrected chi connectivity index (χ3v) is 7.07. The van der Waals surface area contributed by atoms with Crippen LogP contribution in [0.5, 0.6) is 0 Å². The molecule has 0 aromatic heterocycles. The number of carboxylic acid groups (broad SMARTS) is 1. The molecule has 3 N–H and O–H groups in total. The van der Waals surface area contributed by atoms with Crippen LogP contribution in [0, 0.1) is 11.8 Å². The molecule has 0 aliphatic heterocycles. The highest BCUT2D eigenvalue weighted by Gasteiger charge is 2.34. The van der Waals surface area contributed by atoms with Crippen molar-refractivity contribution in [2.45, 2.75) is 64.0 Å². The van der Waals surface area contributed by atoms with Crippen LogP contribution in [0.4, 0.5) is 4.79 Å². The van der Waals surface area contributed by atoms with Crippen molar-refractivity contribution in [2.75, 3.05) is 6.61 Å². The molecule has 35 heavy (non-hydrogen) atoms. The third-order valence-electron chi connectivity index (χ3n) is 7.07. The van der Waals surface area contributed by atoms with Gasteiger partial charge in [0, 0.05) is 12.0 Å². The first-order valence-corrected chi connectivity index (χ1v) is 12.5. The molecule has 4 rings (SSSR count). The number of benzene rings is 2. The second kappa shape index (κ2) is 10.9. The lowest BCUT2D eigenvalue weighted by molar-refractivity contribution is -0.144. The number of carbonyl (C=O) groups excluding carboxylic acids is 2. The molecule has 2 aliphatic carbocycles. The highest BCUT2D eigenvalue weighted by molar-refractivity contribution is 5.86. The van der Waals surface area contributed by atoms with E-state index in [1.165, 1.54) is 0 Å². The first-order valence-electron chi connectivity index (χ1n) is 12.5. The monoisotopic (exact) mass is 478 g/mol. The van der Waals surface area contributed by atoms with Crippen molar-refractivity contribution < 1.29 is 24.2 Å². The van der Waals surface area contributed by atoms with E-state index in [-0.39, 0.29) is 24.3 Å². The van der Waals surface area contributed by atoms with Crippen molar-refractivity contribution in [1.82, 2.24) is 10.6 Å². The Balaban J connectivity index is 1.40. The largest absolute Gasteiger partial charge is 0.481 e. The molecule has 2 aromatic rings.